The van der Waals surface area contributed by atoms with Crippen LogP contribution in [0.15, 0.2) is 84.9 Å². The lowest BCUT2D eigenvalue weighted by atomic mass is 10.1. The molecule has 0 fully saturated rings. The van der Waals surface area contributed by atoms with Gasteiger partial charge in [-0.05, 0) is 115 Å². The number of aryl methyl sites for hydroxylation is 2. The van der Waals surface area contributed by atoms with E-state index in [-0.39, 0.29) is 13.2 Å². The number of benzene rings is 4. The van der Waals surface area contributed by atoms with Crippen molar-refractivity contribution in [3.05, 3.63) is 96.1 Å². The van der Waals surface area contributed by atoms with E-state index in [1.807, 2.05) is 106 Å². The molecular weight excluding hydrogens is 862 g/mol. The Bertz CT molecular complexity index is 2600. The smallest absolute Gasteiger partial charge is 0.432 e. The van der Waals surface area contributed by atoms with Gasteiger partial charge in [-0.3, -0.25) is 23.2 Å². The molecule has 63 heavy (non-hydrogen) atoms. The summed E-state index contributed by atoms with van der Waals surface area (Å²) < 4.78 is 58.7. The molecule has 0 aliphatic heterocycles. The molecule has 4 aromatic carbocycles. The molecule has 6 aromatic rings. The number of ether oxygens (including phenoxy) is 2. The van der Waals surface area contributed by atoms with Crippen molar-refractivity contribution in [2.75, 3.05) is 50.5 Å². The number of nitrogen functional groups attached to an aromatic ring is 1. The summed E-state index contributed by atoms with van der Waals surface area (Å²) in [7, 11) is -3.42. The normalized spacial score (nSPS) is 11.2. The van der Waals surface area contributed by atoms with E-state index in [0.29, 0.717) is 55.5 Å². The van der Waals surface area contributed by atoms with Gasteiger partial charge in [0.1, 0.15) is 23.6 Å². The summed E-state index contributed by atoms with van der Waals surface area (Å²) in [6.07, 6.45) is 0. The number of nitrogens with two attached hydrogens (primary N) is 1. The number of halogens is 1. The molecule has 2 heterocycles. The third-order valence-corrected chi connectivity index (χ3v) is 12.8. The van der Waals surface area contributed by atoms with Gasteiger partial charge in [0, 0.05) is 58.6 Å². The fraction of sp³-hybridized carbons (Fsp3) is 0.348. The third-order valence-electron chi connectivity index (χ3n) is 9.32. The van der Waals surface area contributed by atoms with E-state index in [2.05, 4.69) is 42.3 Å². The van der Waals surface area contributed by atoms with E-state index in [0.717, 1.165) is 62.4 Å². The van der Waals surface area contributed by atoms with Crippen LogP contribution in [0.3, 0.4) is 0 Å². The number of rotatable bonds is 18. The summed E-state index contributed by atoms with van der Waals surface area (Å²) in [5.74, 6) is 1.60. The molecule has 2 aromatic heterocycles. The first kappa shape index (κ1) is 50.4. The van der Waals surface area contributed by atoms with Crippen molar-refractivity contribution in [1.82, 2.24) is 9.13 Å². The molecule has 0 bridgehead atoms. The first-order chi connectivity index (χ1) is 30.3. The van der Waals surface area contributed by atoms with Crippen molar-refractivity contribution < 1.29 is 36.7 Å². The number of nitrogens with zero attached hydrogens (tertiary/aromatic N) is 4. The average Bonchev–Trinajstić information content (AvgIpc) is 3.76. The van der Waals surface area contributed by atoms with Crippen LogP contribution in [0.4, 0.5) is 11.4 Å². The van der Waals surface area contributed by atoms with Crippen LogP contribution in [-0.2, 0) is 40.3 Å². The Morgan fingerprint density at radius 3 is 1.33 bits per heavy atom. The van der Waals surface area contributed by atoms with Gasteiger partial charge >= 0.3 is 14.7 Å². The number of nitrogens with one attached hydrogen (secondary N) is 1. The zero-order chi connectivity index (χ0) is 46.2. The van der Waals surface area contributed by atoms with Crippen LogP contribution in [0, 0.1) is 22.7 Å². The lowest BCUT2D eigenvalue weighted by Crippen LogP contribution is -2.05. The Hall–Kier alpha value is -5.27. The minimum atomic E-state index is -3.42. The van der Waals surface area contributed by atoms with Crippen LogP contribution in [0.25, 0.3) is 44.3 Å². The molecule has 0 aliphatic rings. The SMILES string of the molecule is CCOP(=O)(Cl)OCC.CCOc1ccc2c(C#N)c(-c3ccc(N)cc3)n(CC)c2c1.CCOc1ccc2c(C#N)c(-c3ccc(NP(=O)(OCC)OCC)cc3)n(CC)c2c1. The number of aromatic nitrogens is 2. The van der Waals surface area contributed by atoms with E-state index < -0.39 is 14.7 Å². The molecule has 0 amide bonds. The fourth-order valence-corrected chi connectivity index (χ4v) is 9.57. The van der Waals surface area contributed by atoms with Gasteiger partial charge in [-0.1, -0.05) is 24.3 Å². The molecule has 0 atom stereocenters. The van der Waals surface area contributed by atoms with Crippen molar-refractivity contribution in [2.45, 2.75) is 68.5 Å². The predicted octanol–water partition coefficient (Wildman–Crippen LogP) is 12.8. The highest BCUT2D eigenvalue weighted by Gasteiger charge is 2.25. The maximum absolute atomic E-state index is 12.7. The van der Waals surface area contributed by atoms with Gasteiger partial charge in [0.15, 0.2) is 0 Å². The Labute approximate surface area is 375 Å². The van der Waals surface area contributed by atoms with Gasteiger partial charge in [0.05, 0.1) is 73.2 Å². The maximum atomic E-state index is 12.7. The largest absolute Gasteiger partial charge is 0.494 e. The Morgan fingerprint density at radius 2 is 0.984 bits per heavy atom. The lowest BCUT2D eigenvalue weighted by Gasteiger charge is -2.18. The summed E-state index contributed by atoms with van der Waals surface area (Å²) >= 11 is 5.25. The number of fused-ring (bicyclic) bond motifs is 2. The van der Waals surface area contributed by atoms with Gasteiger partial charge in [-0.25, -0.2) is 9.13 Å². The van der Waals surface area contributed by atoms with Crippen molar-refractivity contribution in [3.8, 4) is 46.2 Å². The van der Waals surface area contributed by atoms with Crippen molar-refractivity contribution >= 4 is 59.1 Å². The molecule has 14 nitrogen and oxygen atoms in total. The number of hydrogen-bond donors (Lipinski definition) is 2. The summed E-state index contributed by atoms with van der Waals surface area (Å²) in [6, 6.07) is 31.5. The molecule has 0 spiro atoms. The highest BCUT2D eigenvalue weighted by atomic mass is 35.7. The second-order valence-electron chi connectivity index (χ2n) is 13.3. The molecule has 0 unspecified atom stereocenters. The van der Waals surface area contributed by atoms with Crippen molar-refractivity contribution in [3.63, 3.8) is 0 Å². The molecule has 0 saturated carbocycles. The van der Waals surface area contributed by atoms with Gasteiger partial charge in [0.2, 0.25) is 0 Å². The Kier molecular flexibility index (Phi) is 19.2. The second-order valence-corrected chi connectivity index (χ2v) is 17.6. The Morgan fingerprint density at radius 1 is 0.587 bits per heavy atom. The van der Waals surface area contributed by atoms with Gasteiger partial charge in [-0.15, -0.1) is 0 Å². The molecular formula is C46H57ClN6O8P2. The average molecular weight is 919 g/mol. The van der Waals surface area contributed by atoms with Gasteiger partial charge < -0.3 is 24.3 Å². The summed E-state index contributed by atoms with van der Waals surface area (Å²) in [4.78, 5) is 0. The van der Waals surface area contributed by atoms with Gasteiger partial charge in [0.25, 0.3) is 0 Å². The first-order valence-electron chi connectivity index (χ1n) is 20.9. The summed E-state index contributed by atoms with van der Waals surface area (Å²) in [5, 5.41) is 24.3. The van der Waals surface area contributed by atoms with E-state index in [1.165, 1.54) is 0 Å². The molecule has 336 valence electrons. The van der Waals surface area contributed by atoms with Crippen LogP contribution in [0.5, 0.6) is 11.5 Å². The van der Waals surface area contributed by atoms with Crippen LogP contribution in [-0.4, -0.2) is 48.8 Å². The quantitative estimate of drug-likeness (QED) is 0.0615. The van der Waals surface area contributed by atoms with Crippen molar-refractivity contribution in [1.29, 1.82) is 10.5 Å². The van der Waals surface area contributed by atoms with Crippen LogP contribution in [0.2, 0.25) is 0 Å². The number of nitriles is 2. The van der Waals surface area contributed by atoms with Crippen LogP contribution < -0.4 is 20.3 Å². The molecule has 6 rings (SSSR count). The standard InChI is InChI=1S/C23H28N3O4P.C19H19N3O.C4H10ClO3P/c1-5-26-22-15-19(28-6-2)13-14-20(22)21(16-24)23(26)17-9-11-18(12-10-17)25-31(27,29-7-3)30-8-4;1-3-22-18-11-15(23-4-2)9-10-16(18)17(12-20)19(22)13-5-7-14(21)8-6-13;1-3-7-9(5,6)8-4-2/h9-15H,5-8H2,1-4H3,(H,25,27);5-11H,3-4,21H2,1-2H3;3-4H2,1-2H3. The number of hydrogen-bond acceptors (Lipinski definition) is 11. The molecule has 17 heteroatoms. The zero-order valence-electron chi connectivity index (χ0n) is 37.1. The summed E-state index contributed by atoms with van der Waals surface area (Å²) in [6.45, 7) is 15.6. The van der Waals surface area contributed by atoms with Crippen LogP contribution >= 0.6 is 25.9 Å². The minimum absolute atomic E-state index is 0.272. The van der Waals surface area contributed by atoms with E-state index in [1.54, 1.807) is 27.7 Å². The maximum Gasteiger partial charge on any atom is 0.432 e. The highest BCUT2D eigenvalue weighted by Crippen LogP contribution is 2.53. The topological polar surface area (TPSA) is 185 Å². The highest BCUT2D eigenvalue weighted by molar-refractivity contribution is 7.81. The first-order valence-corrected chi connectivity index (χ1v) is 24.9. The molecule has 0 radical (unpaired) electrons. The summed E-state index contributed by atoms with van der Waals surface area (Å²) in [5.41, 5.74) is 14.1. The number of anilines is 2. The molecule has 0 aliphatic carbocycles. The fourth-order valence-electron chi connectivity index (χ4n) is 6.94. The molecule has 3 N–H and O–H groups in total. The monoisotopic (exact) mass is 918 g/mol. The van der Waals surface area contributed by atoms with Crippen molar-refractivity contribution in [2.24, 2.45) is 0 Å². The zero-order valence-corrected chi connectivity index (χ0v) is 39.7. The third kappa shape index (κ3) is 12.7. The Balaban J connectivity index is 0.000000238. The predicted molar refractivity (Wildman–Crippen MR) is 253 cm³/mol. The van der Waals surface area contributed by atoms with E-state index >= 15 is 0 Å². The minimum Gasteiger partial charge on any atom is -0.494 e. The van der Waals surface area contributed by atoms with E-state index in [4.69, 9.17) is 35.5 Å². The van der Waals surface area contributed by atoms with Gasteiger partial charge in [-0.2, -0.15) is 10.5 Å². The second kappa shape index (κ2) is 24.0. The van der Waals surface area contributed by atoms with E-state index in [9.17, 15) is 19.7 Å². The van der Waals surface area contributed by atoms with Crippen LogP contribution in [0.1, 0.15) is 66.5 Å². The molecule has 0 saturated heterocycles. The lowest BCUT2D eigenvalue weighted by molar-refractivity contribution is 0.225.